The molecule has 2 amide bonds. The number of carbonyl (C=O) groups excluding carboxylic acids is 3. The van der Waals surface area contributed by atoms with E-state index in [1.165, 1.54) is 32.2 Å². The zero-order chi connectivity index (χ0) is 20.7. The molecule has 0 saturated heterocycles. The molecule has 28 heavy (non-hydrogen) atoms. The van der Waals surface area contributed by atoms with Gasteiger partial charge in [0.2, 0.25) is 0 Å². The maximum Gasteiger partial charge on any atom is 0.326 e. The predicted molar refractivity (Wildman–Crippen MR) is 106 cm³/mol. The van der Waals surface area contributed by atoms with Gasteiger partial charge in [0.25, 0.3) is 11.8 Å². The molecular weight excluding hydrogens is 407 g/mol. The Kier molecular flexibility index (Phi) is 7.66. The molecule has 2 N–H and O–H groups in total. The summed E-state index contributed by atoms with van der Waals surface area (Å²) in [5.74, 6) is -1.41. The second-order valence-electron chi connectivity index (χ2n) is 5.63. The molecule has 0 saturated carbocycles. The van der Waals surface area contributed by atoms with Crippen molar-refractivity contribution in [2.24, 2.45) is 0 Å². The molecule has 0 aliphatic heterocycles. The highest BCUT2D eigenvalue weighted by atomic mass is 35.5. The number of anilines is 1. The fraction of sp³-hybridized carbons (Fsp3) is 0.211. The molecule has 2 aromatic rings. The zero-order valence-corrected chi connectivity index (χ0v) is 16.6. The van der Waals surface area contributed by atoms with Crippen LogP contribution in [-0.2, 0) is 14.3 Å². The minimum absolute atomic E-state index is 0.155. The van der Waals surface area contributed by atoms with Gasteiger partial charge in [-0.2, -0.15) is 0 Å². The van der Waals surface area contributed by atoms with Crippen LogP contribution in [0.2, 0.25) is 10.0 Å². The molecule has 0 heterocycles. The van der Waals surface area contributed by atoms with Crippen LogP contribution in [0.25, 0.3) is 0 Å². The zero-order valence-electron chi connectivity index (χ0n) is 15.1. The second kappa shape index (κ2) is 9.96. The molecule has 0 aromatic heterocycles. The summed E-state index contributed by atoms with van der Waals surface area (Å²) in [4.78, 5) is 36.2. The molecule has 1 unspecified atom stereocenters. The number of nitrogens with one attached hydrogen (secondary N) is 2. The summed E-state index contributed by atoms with van der Waals surface area (Å²) in [7, 11) is 1.48. The fourth-order valence-corrected chi connectivity index (χ4v) is 2.69. The monoisotopic (exact) mass is 424 g/mol. The molecule has 9 heteroatoms. The maximum atomic E-state index is 12.2. The van der Waals surface area contributed by atoms with E-state index >= 15 is 0 Å². The van der Waals surface area contributed by atoms with Gasteiger partial charge < -0.3 is 20.1 Å². The highest BCUT2D eigenvalue weighted by Crippen LogP contribution is 2.23. The van der Waals surface area contributed by atoms with Crippen LogP contribution < -0.4 is 15.4 Å². The van der Waals surface area contributed by atoms with Gasteiger partial charge in [-0.3, -0.25) is 14.4 Å². The molecule has 0 bridgehead atoms. The van der Waals surface area contributed by atoms with Crippen LogP contribution in [0.15, 0.2) is 42.5 Å². The van der Waals surface area contributed by atoms with Crippen molar-refractivity contribution in [2.75, 3.05) is 19.0 Å². The highest BCUT2D eigenvalue weighted by molar-refractivity contribution is 6.36. The van der Waals surface area contributed by atoms with Gasteiger partial charge in [-0.1, -0.05) is 35.3 Å². The van der Waals surface area contributed by atoms with Gasteiger partial charge in [0, 0.05) is 5.02 Å². The van der Waals surface area contributed by atoms with Crippen LogP contribution in [0.5, 0.6) is 5.75 Å². The third-order valence-electron chi connectivity index (χ3n) is 3.61. The molecule has 0 aliphatic carbocycles. The summed E-state index contributed by atoms with van der Waals surface area (Å²) in [5.41, 5.74) is 0.615. The van der Waals surface area contributed by atoms with Gasteiger partial charge in [0.05, 0.1) is 23.4 Å². The van der Waals surface area contributed by atoms with E-state index in [1.807, 2.05) is 0 Å². The molecule has 2 rings (SSSR count). The van der Waals surface area contributed by atoms with E-state index in [2.05, 4.69) is 10.6 Å². The van der Waals surface area contributed by atoms with E-state index in [4.69, 9.17) is 32.7 Å². The van der Waals surface area contributed by atoms with Crippen molar-refractivity contribution < 1.29 is 23.9 Å². The van der Waals surface area contributed by atoms with Crippen molar-refractivity contribution in [1.29, 1.82) is 0 Å². The summed E-state index contributed by atoms with van der Waals surface area (Å²) in [6.07, 6.45) is -1.08. The number of para-hydroxylation sites is 2. The molecule has 2 aromatic carbocycles. The predicted octanol–water partition coefficient (Wildman–Crippen LogP) is 3.30. The van der Waals surface area contributed by atoms with Crippen LogP contribution in [0.3, 0.4) is 0 Å². The smallest absolute Gasteiger partial charge is 0.326 e. The van der Waals surface area contributed by atoms with E-state index in [0.29, 0.717) is 16.5 Å². The van der Waals surface area contributed by atoms with Crippen LogP contribution in [-0.4, -0.2) is 37.5 Å². The number of esters is 1. The van der Waals surface area contributed by atoms with E-state index < -0.39 is 30.4 Å². The van der Waals surface area contributed by atoms with Crippen molar-refractivity contribution in [2.45, 2.75) is 13.0 Å². The summed E-state index contributed by atoms with van der Waals surface area (Å²) < 4.78 is 10.2. The number of amides is 2. The Bertz CT molecular complexity index is 888. The lowest BCUT2D eigenvalue weighted by Gasteiger charge is -2.15. The molecule has 148 valence electrons. The van der Waals surface area contributed by atoms with Gasteiger partial charge in [-0.15, -0.1) is 0 Å². The van der Waals surface area contributed by atoms with Crippen LogP contribution in [0.1, 0.15) is 17.3 Å². The number of rotatable bonds is 7. The maximum absolute atomic E-state index is 12.2. The molecule has 0 aliphatic rings. The van der Waals surface area contributed by atoms with Crippen LogP contribution in [0.4, 0.5) is 5.69 Å². The van der Waals surface area contributed by atoms with Crippen molar-refractivity contribution in [3.63, 3.8) is 0 Å². The molecule has 1 atom stereocenters. The Morgan fingerprint density at radius 3 is 2.50 bits per heavy atom. The van der Waals surface area contributed by atoms with Gasteiger partial charge >= 0.3 is 5.97 Å². The van der Waals surface area contributed by atoms with Crippen molar-refractivity contribution in [3.05, 3.63) is 58.1 Å². The van der Waals surface area contributed by atoms with Crippen molar-refractivity contribution in [3.8, 4) is 5.75 Å². The lowest BCUT2D eigenvalue weighted by Crippen LogP contribution is -2.36. The largest absolute Gasteiger partial charge is 0.495 e. The first-order valence-corrected chi connectivity index (χ1v) is 8.94. The standard InChI is InChI=1S/C19H18Cl2N2O5/c1-11(18(25)23-15-5-3-4-6-16(15)27-2)28-17(24)10-22-19(26)13-8-7-12(20)9-14(13)21/h3-9,11H,10H2,1-2H3,(H,22,26)(H,23,25). The normalized spacial score (nSPS) is 11.3. The third kappa shape index (κ3) is 5.87. The number of carbonyl (C=O) groups is 3. The van der Waals surface area contributed by atoms with Gasteiger partial charge in [-0.25, -0.2) is 0 Å². The van der Waals surface area contributed by atoms with Crippen molar-refractivity contribution in [1.82, 2.24) is 5.32 Å². The number of hydrogen-bond acceptors (Lipinski definition) is 5. The third-order valence-corrected chi connectivity index (χ3v) is 4.16. The Labute approximate surface area is 171 Å². The topological polar surface area (TPSA) is 93.7 Å². The molecule has 0 fully saturated rings. The Morgan fingerprint density at radius 1 is 1.11 bits per heavy atom. The Morgan fingerprint density at radius 2 is 1.82 bits per heavy atom. The van der Waals surface area contributed by atoms with E-state index in [-0.39, 0.29) is 10.6 Å². The minimum atomic E-state index is -1.08. The lowest BCUT2D eigenvalue weighted by atomic mass is 10.2. The molecule has 0 radical (unpaired) electrons. The van der Waals surface area contributed by atoms with Crippen molar-refractivity contribution >= 4 is 46.7 Å². The van der Waals surface area contributed by atoms with E-state index in [9.17, 15) is 14.4 Å². The highest BCUT2D eigenvalue weighted by Gasteiger charge is 2.20. The number of ether oxygens (including phenoxy) is 2. The first-order valence-electron chi connectivity index (χ1n) is 8.18. The summed E-state index contributed by atoms with van der Waals surface area (Å²) in [6, 6.07) is 11.2. The summed E-state index contributed by atoms with van der Waals surface area (Å²) >= 11 is 11.7. The van der Waals surface area contributed by atoms with Gasteiger partial charge in [-0.05, 0) is 37.3 Å². The van der Waals surface area contributed by atoms with Gasteiger partial charge in [0.15, 0.2) is 6.10 Å². The molecular formula is C19H18Cl2N2O5. The molecule has 0 spiro atoms. The average molecular weight is 425 g/mol. The quantitative estimate of drug-likeness (QED) is 0.664. The molecule has 7 nitrogen and oxygen atoms in total. The fourth-order valence-electron chi connectivity index (χ4n) is 2.20. The second-order valence-corrected chi connectivity index (χ2v) is 6.47. The summed E-state index contributed by atoms with van der Waals surface area (Å²) in [5, 5.41) is 5.53. The van der Waals surface area contributed by atoms with Gasteiger partial charge in [0.1, 0.15) is 12.3 Å². The van der Waals surface area contributed by atoms with E-state index in [0.717, 1.165) is 0 Å². The SMILES string of the molecule is COc1ccccc1NC(=O)C(C)OC(=O)CNC(=O)c1ccc(Cl)cc1Cl. The summed E-state index contributed by atoms with van der Waals surface area (Å²) in [6.45, 7) is 0.991. The van der Waals surface area contributed by atoms with Crippen LogP contribution in [0, 0.1) is 0 Å². The Balaban J connectivity index is 1.86. The number of benzene rings is 2. The first kappa shape index (κ1) is 21.5. The Hall–Kier alpha value is -2.77. The number of methoxy groups -OCH3 is 1. The average Bonchev–Trinajstić information content (AvgIpc) is 2.66. The minimum Gasteiger partial charge on any atom is -0.495 e. The first-order chi connectivity index (χ1) is 13.3. The van der Waals surface area contributed by atoms with E-state index in [1.54, 1.807) is 24.3 Å². The number of hydrogen-bond donors (Lipinski definition) is 2. The van der Waals surface area contributed by atoms with Crippen LogP contribution >= 0.6 is 23.2 Å². The number of halogens is 2. The lowest BCUT2D eigenvalue weighted by molar-refractivity contribution is -0.152.